The number of hydrogen-bond acceptors (Lipinski definition) is 9. The molecule has 2 heterocycles. The first kappa shape index (κ1) is 23.6. The lowest BCUT2D eigenvalue weighted by Gasteiger charge is -2.18. The minimum absolute atomic E-state index is 0.00127. The average Bonchev–Trinajstić information content (AvgIpc) is 3.34. The van der Waals surface area contributed by atoms with E-state index in [1.165, 1.54) is 19.2 Å². The van der Waals surface area contributed by atoms with Crippen molar-refractivity contribution in [3.05, 3.63) is 66.7 Å². The normalized spacial score (nSPS) is 12.7. The van der Waals surface area contributed by atoms with Crippen LogP contribution in [0.4, 0.5) is 11.6 Å². The lowest BCUT2D eigenvalue weighted by Crippen LogP contribution is -2.16. The number of nitrogens with zero attached hydrogens (tertiary/aromatic N) is 1. The van der Waals surface area contributed by atoms with Crippen LogP contribution < -0.4 is 24.3 Å². The molecular weight excluding hydrogens is 484 g/mol. The molecule has 0 aliphatic carbocycles. The van der Waals surface area contributed by atoms with Crippen LogP contribution in [0, 0.1) is 0 Å². The molecule has 0 spiro atoms. The summed E-state index contributed by atoms with van der Waals surface area (Å²) in [6.45, 7) is 3.17. The fourth-order valence-electron chi connectivity index (χ4n) is 3.72. The summed E-state index contributed by atoms with van der Waals surface area (Å²) >= 11 is 0. The van der Waals surface area contributed by atoms with Crippen molar-refractivity contribution in [1.29, 1.82) is 0 Å². The summed E-state index contributed by atoms with van der Waals surface area (Å²) in [5.74, 6) is 2.13. The van der Waals surface area contributed by atoms with Crippen LogP contribution in [0.25, 0.3) is 11.5 Å². The number of anilines is 2. The molecule has 186 valence electrons. The first-order chi connectivity index (χ1) is 17.5. The second-order valence-corrected chi connectivity index (χ2v) is 9.61. The molecule has 0 saturated heterocycles. The van der Waals surface area contributed by atoms with Gasteiger partial charge in [-0.15, -0.1) is 0 Å². The maximum absolute atomic E-state index is 13.8. The van der Waals surface area contributed by atoms with Gasteiger partial charge in [0.05, 0.1) is 24.3 Å². The lowest BCUT2D eigenvalue weighted by molar-refractivity contribution is 0.171. The molecule has 1 N–H and O–H groups in total. The highest BCUT2D eigenvalue weighted by Gasteiger charge is 2.30. The number of para-hydroxylation sites is 2. The minimum Gasteiger partial charge on any atom is -0.495 e. The second kappa shape index (κ2) is 9.82. The van der Waals surface area contributed by atoms with E-state index in [0.29, 0.717) is 54.1 Å². The van der Waals surface area contributed by atoms with Gasteiger partial charge >= 0.3 is 0 Å². The Morgan fingerprint density at radius 1 is 0.972 bits per heavy atom. The highest BCUT2D eigenvalue weighted by atomic mass is 32.2. The van der Waals surface area contributed by atoms with Gasteiger partial charge < -0.3 is 28.7 Å². The first-order valence-corrected chi connectivity index (χ1v) is 12.8. The topological polar surface area (TPSA) is 109 Å². The first-order valence-electron chi connectivity index (χ1n) is 11.3. The number of hydrogen-bond donors (Lipinski definition) is 1. The molecule has 0 fully saturated rings. The van der Waals surface area contributed by atoms with E-state index in [-0.39, 0.29) is 21.7 Å². The summed E-state index contributed by atoms with van der Waals surface area (Å²) in [4.78, 5) is 4.40. The van der Waals surface area contributed by atoms with Gasteiger partial charge in [0.25, 0.3) is 0 Å². The predicted molar refractivity (Wildman–Crippen MR) is 132 cm³/mol. The van der Waals surface area contributed by atoms with Crippen molar-refractivity contribution in [3.63, 3.8) is 0 Å². The predicted octanol–water partition coefficient (Wildman–Crippen LogP) is 5.10. The third-order valence-electron chi connectivity index (χ3n) is 5.44. The Labute approximate surface area is 208 Å². The van der Waals surface area contributed by atoms with Crippen LogP contribution in [0.15, 0.2) is 81.1 Å². The number of benzene rings is 3. The minimum atomic E-state index is -4.12. The molecule has 0 bridgehead atoms. The van der Waals surface area contributed by atoms with Crippen molar-refractivity contribution in [3.8, 4) is 34.5 Å². The van der Waals surface area contributed by atoms with Gasteiger partial charge in [-0.25, -0.2) is 8.42 Å². The molecular formula is C26H24N2O7S. The molecule has 0 radical (unpaired) electrons. The van der Waals surface area contributed by atoms with Crippen LogP contribution in [-0.2, 0) is 9.84 Å². The van der Waals surface area contributed by atoms with Crippen molar-refractivity contribution >= 4 is 21.4 Å². The Morgan fingerprint density at radius 3 is 2.47 bits per heavy atom. The number of sulfone groups is 1. The Balaban J connectivity index is 1.60. The number of aromatic nitrogens is 1. The maximum atomic E-state index is 13.8. The van der Waals surface area contributed by atoms with Gasteiger partial charge in [-0.3, -0.25) is 0 Å². The van der Waals surface area contributed by atoms with E-state index in [9.17, 15) is 8.42 Å². The van der Waals surface area contributed by atoms with E-state index in [0.717, 1.165) is 0 Å². The zero-order chi connectivity index (χ0) is 25.1. The van der Waals surface area contributed by atoms with E-state index >= 15 is 0 Å². The number of rotatable bonds is 8. The molecule has 1 aliphatic rings. The van der Waals surface area contributed by atoms with Crippen LogP contribution in [0.2, 0.25) is 0 Å². The third kappa shape index (κ3) is 4.55. The van der Waals surface area contributed by atoms with Gasteiger partial charge in [0.2, 0.25) is 26.6 Å². The molecule has 10 heteroatoms. The van der Waals surface area contributed by atoms with Gasteiger partial charge in [0.15, 0.2) is 11.5 Å². The van der Waals surface area contributed by atoms with E-state index in [2.05, 4.69) is 10.3 Å². The van der Waals surface area contributed by atoms with Crippen LogP contribution in [0.5, 0.6) is 23.0 Å². The number of oxazole rings is 1. The molecule has 3 aromatic carbocycles. The number of methoxy groups -OCH3 is 1. The van der Waals surface area contributed by atoms with Crippen molar-refractivity contribution < 1.29 is 31.8 Å². The fraction of sp³-hybridized carbons (Fsp3) is 0.192. The van der Waals surface area contributed by atoms with Crippen LogP contribution in [0.1, 0.15) is 6.92 Å². The zero-order valence-electron chi connectivity index (χ0n) is 19.7. The highest BCUT2D eigenvalue weighted by molar-refractivity contribution is 7.91. The van der Waals surface area contributed by atoms with E-state index in [4.69, 9.17) is 23.4 Å². The molecule has 5 rings (SSSR count). The summed E-state index contributed by atoms with van der Waals surface area (Å²) in [6.07, 6.45) is 0. The van der Waals surface area contributed by atoms with Crippen molar-refractivity contribution in [1.82, 2.24) is 4.98 Å². The highest BCUT2D eigenvalue weighted by Crippen LogP contribution is 2.39. The maximum Gasteiger partial charge on any atom is 0.238 e. The molecule has 1 aromatic heterocycles. The van der Waals surface area contributed by atoms with Gasteiger partial charge in [-0.1, -0.05) is 12.1 Å². The van der Waals surface area contributed by atoms with Crippen molar-refractivity contribution in [2.75, 3.05) is 32.2 Å². The Bertz CT molecular complexity index is 1480. The molecule has 1 aliphatic heterocycles. The Hall–Kier alpha value is -4.18. The van der Waals surface area contributed by atoms with E-state index in [1.54, 1.807) is 48.5 Å². The van der Waals surface area contributed by atoms with E-state index < -0.39 is 9.84 Å². The number of nitrogens with one attached hydrogen (secondary N) is 1. The largest absolute Gasteiger partial charge is 0.495 e. The molecule has 4 aromatic rings. The quantitative estimate of drug-likeness (QED) is 0.348. The molecule has 0 amide bonds. The fourth-order valence-corrected chi connectivity index (χ4v) is 5.00. The van der Waals surface area contributed by atoms with Gasteiger partial charge in [-0.2, -0.15) is 4.98 Å². The van der Waals surface area contributed by atoms with Crippen molar-refractivity contribution in [2.24, 2.45) is 0 Å². The molecule has 9 nitrogen and oxygen atoms in total. The summed E-state index contributed by atoms with van der Waals surface area (Å²) < 4.78 is 55.5. The summed E-state index contributed by atoms with van der Waals surface area (Å²) in [5.41, 5.74) is 1.11. The second-order valence-electron chi connectivity index (χ2n) is 7.74. The molecule has 36 heavy (non-hydrogen) atoms. The molecule has 0 atom stereocenters. The third-order valence-corrected chi connectivity index (χ3v) is 7.10. The monoisotopic (exact) mass is 508 g/mol. The van der Waals surface area contributed by atoms with Crippen LogP contribution in [0.3, 0.4) is 0 Å². The zero-order valence-corrected chi connectivity index (χ0v) is 20.5. The SMILES string of the molecule is CCOc1ccc(-c2nc(S(=O)(=O)c3ccc4c(c3)OCCO4)c(Nc3ccccc3OC)o2)cc1. The lowest BCUT2D eigenvalue weighted by atomic mass is 10.2. The summed E-state index contributed by atoms with van der Waals surface area (Å²) in [7, 11) is -2.59. The van der Waals surface area contributed by atoms with Crippen LogP contribution >= 0.6 is 0 Å². The summed E-state index contributed by atoms with van der Waals surface area (Å²) in [6, 6.07) is 18.6. The molecule has 0 saturated carbocycles. The Kier molecular flexibility index (Phi) is 6.43. The van der Waals surface area contributed by atoms with Gasteiger partial charge in [-0.05, 0) is 55.5 Å². The summed E-state index contributed by atoms with van der Waals surface area (Å²) in [5, 5.41) is 2.77. The van der Waals surface area contributed by atoms with Crippen LogP contribution in [-0.4, -0.2) is 40.3 Å². The number of ether oxygens (including phenoxy) is 4. The standard InChI is InChI=1S/C26H24N2O7S/c1-3-32-18-10-8-17(9-11-18)24-28-26(25(35-24)27-20-6-4-5-7-21(20)31-2)36(29,30)19-12-13-22-23(16-19)34-15-14-33-22/h4-13,16,27H,3,14-15H2,1-2H3. The smallest absolute Gasteiger partial charge is 0.238 e. The average molecular weight is 509 g/mol. The van der Waals surface area contributed by atoms with Gasteiger partial charge in [0, 0.05) is 11.6 Å². The number of fused-ring (bicyclic) bond motifs is 1. The Morgan fingerprint density at radius 2 is 1.72 bits per heavy atom. The van der Waals surface area contributed by atoms with E-state index in [1.807, 2.05) is 13.0 Å². The van der Waals surface area contributed by atoms with Gasteiger partial charge in [0.1, 0.15) is 24.7 Å². The molecule has 0 unspecified atom stereocenters. The van der Waals surface area contributed by atoms with Crippen molar-refractivity contribution in [2.45, 2.75) is 16.8 Å².